The van der Waals surface area contributed by atoms with Gasteiger partial charge in [0.2, 0.25) is 5.91 Å². The van der Waals surface area contributed by atoms with Crippen molar-refractivity contribution >= 4 is 60.3 Å². The predicted molar refractivity (Wildman–Crippen MR) is 228 cm³/mol. The number of carbonyl (C=O) groups excluding carboxylic acids is 3. The predicted octanol–water partition coefficient (Wildman–Crippen LogP) is 7.73. The van der Waals surface area contributed by atoms with E-state index < -0.39 is 50.9 Å². The van der Waals surface area contributed by atoms with Gasteiger partial charge in [0.05, 0.1) is 18.1 Å². The van der Waals surface area contributed by atoms with Crippen molar-refractivity contribution in [3.63, 3.8) is 0 Å². The number of benzene rings is 4. The standard InChI is InChI=1S/C45H55N2O7PSi/c1-31(54-56(8,9)45(5,6)7)39-37(29-38(48)33-27-25-32(26-28-33)30-46-43(52)53-44(2,3)4)47(40(39)49)41(42(50)51)55(34-19-13-10-14-20-34,35-21-15-11-16-22-35)36-23-17-12-18-24-36/h10-28,31,37,39H,29-30H2,1-9H3,(H,46,52)(H,50,51)/t31-,37-,39-/m1/s1. The normalized spacial score (nSPS) is 16.7. The Morgan fingerprint density at radius 2 is 1.25 bits per heavy atom. The largest absolute Gasteiger partial charge is 0.477 e. The maximum Gasteiger partial charge on any atom is 0.407 e. The summed E-state index contributed by atoms with van der Waals surface area (Å²) in [5, 5.41) is 16.4. The second-order valence-electron chi connectivity index (χ2n) is 16.9. The fraction of sp³-hybridized carbons (Fsp3) is 0.356. The summed E-state index contributed by atoms with van der Waals surface area (Å²) in [5.74, 6) is -2.60. The second kappa shape index (κ2) is 16.8. The molecule has 1 heterocycles. The third kappa shape index (κ3) is 8.93. The van der Waals surface area contributed by atoms with Crippen molar-refractivity contribution in [2.45, 2.75) is 97.3 Å². The highest BCUT2D eigenvalue weighted by Gasteiger charge is 2.57. The van der Waals surface area contributed by atoms with Crippen molar-refractivity contribution in [2.24, 2.45) is 5.92 Å². The van der Waals surface area contributed by atoms with Crippen LogP contribution in [0.25, 0.3) is 0 Å². The zero-order valence-electron chi connectivity index (χ0n) is 33.9. The summed E-state index contributed by atoms with van der Waals surface area (Å²) in [5.41, 5.74) is 0.509. The molecule has 1 aliphatic heterocycles. The number of alkyl carbamates (subject to hydrolysis) is 1. The molecule has 1 saturated heterocycles. The van der Waals surface area contributed by atoms with Crippen LogP contribution in [0.5, 0.6) is 0 Å². The zero-order chi connectivity index (χ0) is 41.1. The summed E-state index contributed by atoms with van der Waals surface area (Å²) in [7, 11) is -2.39. The maximum atomic E-state index is 14.9. The first-order valence-electron chi connectivity index (χ1n) is 19.0. The van der Waals surface area contributed by atoms with E-state index in [1.54, 1.807) is 45.0 Å². The first kappa shape index (κ1) is 42.4. The molecule has 296 valence electrons. The first-order chi connectivity index (χ1) is 26.3. The van der Waals surface area contributed by atoms with Gasteiger partial charge in [0.1, 0.15) is 11.0 Å². The van der Waals surface area contributed by atoms with Crippen LogP contribution < -0.4 is 21.2 Å². The Balaban J connectivity index is 1.65. The molecule has 0 saturated carbocycles. The van der Waals surface area contributed by atoms with E-state index in [0.717, 1.165) is 21.5 Å². The third-order valence-corrected chi connectivity index (χ3v) is 19.6. The smallest absolute Gasteiger partial charge is 0.407 e. The van der Waals surface area contributed by atoms with Crippen LogP contribution in [0.3, 0.4) is 0 Å². The van der Waals surface area contributed by atoms with Crippen LogP contribution in [0.4, 0.5) is 4.79 Å². The van der Waals surface area contributed by atoms with Gasteiger partial charge < -0.3 is 24.5 Å². The number of rotatable bonds is 13. The number of carboxylic acids is 1. The Kier molecular flexibility index (Phi) is 12.7. The fourth-order valence-corrected chi connectivity index (χ4v) is 12.8. The van der Waals surface area contributed by atoms with Gasteiger partial charge >= 0.3 is 12.1 Å². The van der Waals surface area contributed by atoms with E-state index in [1.807, 2.05) is 97.9 Å². The molecular weight excluding hydrogens is 740 g/mol. The monoisotopic (exact) mass is 794 g/mol. The Hall–Kier alpha value is -4.76. The van der Waals surface area contributed by atoms with Gasteiger partial charge in [0, 0.05) is 25.4 Å². The van der Waals surface area contributed by atoms with Crippen LogP contribution in [0.15, 0.2) is 115 Å². The van der Waals surface area contributed by atoms with Gasteiger partial charge in [0.25, 0.3) is 0 Å². The molecule has 3 atom stereocenters. The maximum absolute atomic E-state index is 14.9. The molecule has 0 radical (unpaired) electrons. The molecule has 0 bridgehead atoms. The third-order valence-electron chi connectivity index (χ3n) is 10.7. The molecule has 1 aliphatic rings. The number of amides is 2. The van der Waals surface area contributed by atoms with Crippen molar-refractivity contribution in [2.75, 3.05) is 0 Å². The molecule has 5 rings (SSSR count). The molecule has 2 amide bonds. The van der Waals surface area contributed by atoms with E-state index in [4.69, 9.17) is 9.16 Å². The van der Waals surface area contributed by atoms with Crippen LogP contribution >= 0.6 is 6.89 Å². The second-order valence-corrected chi connectivity index (χ2v) is 24.9. The molecule has 4 aromatic rings. The molecular formula is C45H55N2O7PSi. The zero-order valence-corrected chi connectivity index (χ0v) is 35.8. The molecule has 0 unspecified atom stereocenters. The number of hydrogen-bond donors (Lipinski definition) is 2. The van der Waals surface area contributed by atoms with Crippen LogP contribution in [0.1, 0.15) is 70.8 Å². The minimum atomic E-state index is -3.26. The van der Waals surface area contributed by atoms with Gasteiger partial charge in [-0.3, -0.25) is 9.59 Å². The number of hydrogen-bond acceptors (Lipinski definition) is 6. The summed E-state index contributed by atoms with van der Waals surface area (Å²) in [6.45, 7) is 14.8. The number of aliphatic carboxylic acids is 1. The SMILES string of the molecule is C[C@@H](O[Si](C)(C)C(C)(C)C)[C@H]1C(=O)N(C(C(=O)O)=P(c2ccccc2)(c2ccccc2)c2ccccc2)[C@@H]1CC(=O)c1ccc(CNC(=O)OC(C)(C)C)cc1. The molecule has 1 fully saturated rings. The van der Waals surface area contributed by atoms with E-state index in [9.17, 15) is 24.3 Å². The van der Waals surface area contributed by atoms with Crippen molar-refractivity contribution in [1.29, 1.82) is 0 Å². The Morgan fingerprint density at radius 3 is 1.66 bits per heavy atom. The molecule has 9 nitrogen and oxygen atoms in total. The highest BCUT2D eigenvalue weighted by atomic mass is 31.2. The van der Waals surface area contributed by atoms with Crippen molar-refractivity contribution in [3.05, 3.63) is 126 Å². The minimum Gasteiger partial charge on any atom is -0.477 e. The lowest BCUT2D eigenvalue weighted by molar-refractivity contribution is -0.155. The molecule has 0 spiro atoms. The number of nitrogens with zero attached hydrogens (tertiary/aromatic N) is 1. The summed E-state index contributed by atoms with van der Waals surface area (Å²) >= 11 is 0. The Bertz CT molecular complexity index is 1990. The van der Waals surface area contributed by atoms with Crippen molar-refractivity contribution < 1.29 is 33.4 Å². The number of ketones is 1. The molecule has 4 aromatic carbocycles. The van der Waals surface area contributed by atoms with E-state index >= 15 is 0 Å². The molecule has 0 aliphatic carbocycles. The van der Waals surface area contributed by atoms with Crippen molar-refractivity contribution in [1.82, 2.24) is 10.2 Å². The Morgan fingerprint density at radius 1 is 0.786 bits per heavy atom. The van der Waals surface area contributed by atoms with Gasteiger partial charge in [-0.15, -0.1) is 0 Å². The minimum absolute atomic E-state index is 0.0387. The van der Waals surface area contributed by atoms with Crippen LogP contribution in [-0.2, 0) is 25.3 Å². The summed E-state index contributed by atoms with van der Waals surface area (Å²) in [4.78, 5) is 56.8. The van der Waals surface area contributed by atoms with Crippen LogP contribution in [0.2, 0.25) is 18.1 Å². The lowest BCUT2D eigenvalue weighted by Crippen LogP contribution is -2.69. The van der Waals surface area contributed by atoms with Gasteiger partial charge in [0.15, 0.2) is 14.1 Å². The van der Waals surface area contributed by atoms with Crippen LogP contribution in [0, 0.1) is 5.92 Å². The van der Waals surface area contributed by atoms with E-state index in [2.05, 4.69) is 39.2 Å². The quantitative estimate of drug-likeness (QED) is 0.0615. The van der Waals surface area contributed by atoms with Gasteiger partial charge in [-0.2, -0.15) is 0 Å². The summed E-state index contributed by atoms with van der Waals surface area (Å²) in [6.07, 6.45) is -1.24. The molecule has 56 heavy (non-hydrogen) atoms. The average Bonchev–Trinajstić information content (AvgIpc) is 3.13. The van der Waals surface area contributed by atoms with Crippen LogP contribution in [-0.4, -0.2) is 65.2 Å². The summed E-state index contributed by atoms with van der Waals surface area (Å²) < 4.78 is 12.1. The Labute approximate surface area is 332 Å². The highest BCUT2D eigenvalue weighted by molar-refractivity contribution is 7.96. The molecule has 0 aromatic heterocycles. The number of likely N-dealkylation sites (tertiary alicyclic amines) is 1. The van der Waals surface area contributed by atoms with E-state index in [1.165, 1.54) is 4.90 Å². The number of Topliss-reactive ketones (excluding diaryl/α,β-unsaturated/α-hetero) is 1. The van der Waals surface area contributed by atoms with Gasteiger partial charge in [-0.05, 0) is 67.3 Å². The number of carbonyl (C=O) groups is 4. The summed E-state index contributed by atoms with van der Waals surface area (Å²) in [6, 6.07) is 34.7. The number of ether oxygens (including phenoxy) is 1. The lowest BCUT2D eigenvalue weighted by Gasteiger charge is -2.52. The number of nitrogens with one attached hydrogen (secondary N) is 1. The van der Waals surface area contributed by atoms with E-state index in [0.29, 0.717) is 5.56 Å². The molecule has 2 N–H and O–H groups in total. The lowest BCUT2D eigenvalue weighted by atomic mass is 9.79. The fourth-order valence-electron chi connectivity index (χ4n) is 7.06. The topological polar surface area (TPSA) is 122 Å². The highest BCUT2D eigenvalue weighted by Crippen LogP contribution is 2.50. The average molecular weight is 795 g/mol. The van der Waals surface area contributed by atoms with Gasteiger partial charge in [-0.1, -0.05) is 136 Å². The first-order valence-corrected chi connectivity index (χ1v) is 23.7. The number of carboxylic acid groups (broad SMARTS) is 1. The van der Waals surface area contributed by atoms with Gasteiger partial charge in [-0.25, -0.2) is 9.59 Å². The molecule has 11 heteroatoms. The van der Waals surface area contributed by atoms with E-state index in [-0.39, 0.29) is 35.1 Å². The van der Waals surface area contributed by atoms with Crippen molar-refractivity contribution in [3.8, 4) is 0 Å². The number of β-lactam (4-membered cyclic amide) rings is 1.